The standard InChI is InChI=1S/C16H19N3OS/c1-11-14(12-6-4-3-5-7-12)17-15(18-16(11)21)13-10-19(2)8-9-20-13/h3-7,13H,8-10H2,1-2H3,(H,17,18,21). The number of ether oxygens (including phenoxy) is 1. The van der Waals surface area contributed by atoms with E-state index in [0.717, 1.165) is 42.3 Å². The van der Waals surface area contributed by atoms with Crippen molar-refractivity contribution < 1.29 is 4.74 Å². The summed E-state index contributed by atoms with van der Waals surface area (Å²) in [5.74, 6) is 0.816. The van der Waals surface area contributed by atoms with Crippen LogP contribution in [0.15, 0.2) is 30.3 Å². The lowest BCUT2D eigenvalue weighted by Crippen LogP contribution is -2.36. The van der Waals surface area contributed by atoms with Gasteiger partial charge in [0.15, 0.2) is 0 Å². The van der Waals surface area contributed by atoms with Gasteiger partial charge in [0, 0.05) is 18.7 Å². The van der Waals surface area contributed by atoms with E-state index in [9.17, 15) is 0 Å². The number of nitrogens with zero attached hydrogens (tertiary/aromatic N) is 2. The summed E-state index contributed by atoms with van der Waals surface area (Å²) in [6.45, 7) is 4.51. The molecule has 5 heteroatoms. The van der Waals surface area contributed by atoms with Crippen molar-refractivity contribution in [2.24, 2.45) is 0 Å². The topological polar surface area (TPSA) is 41.2 Å². The molecule has 0 saturated carbocycles. The maximum absolute atomic E-state index is 5.84. The van der Waals surface area contributed by atoms with E-state index in [1.54, 1.807) is 0 Å². The second-order valence-corrected chi connectivity index (χ2v) is 5.80. The van der Waals surface area contributed by atoms with Crippen LogP contribution in [0.4, 0.5) is 0 Å². The van der Waals surface area contributed by atoms with Gasteiger partial charge in [-0.2, -0.15) is 0 Å². The Morgan fingerprint density at radius 1 is 1.33 bits per heavy atom. The molecule has 3 rings (SSSR count). The van der Waals surface area contributed by atoms with Gasteiger partial charge in [-0.05, 0) is 19.5 Å². The molecule has 1 N–H and O–H groups in total. The monoisotopic (exact) mass is 301 g/mol. The van der Waals surface area contributed by atoms with E-state index in [1.165, 1.54) is 0 Å². The first-order chi connectivity index (χ1) is 10.1. The molecule has 110 valence electrons. The molecule has 2 heterocycles. The van der Waals surface area contributed by atoms with Gasteiger partial charge >= 0.3 is 0 Å². The van der Waals surface area contributed by atoms with Crippen LogP contribution in [0, 0.1) is 11.6 Å². The molecule has 1 aliphatic heterocycles. The molecule has 4 nitrogen and oxygen atoms in total. The third-order valence-corrected chi connectivity index (χ3v) is 4.21. The Hall–Kier alpha value is -1.56. The predicted molar refractivity (Wildman–Crippen MR) is 85.8 cm³/mol. The summed E-state index contributed by atoms with van der Waals surface area (Å²) in [7, 11) is 2.09. The zero-order valence-electron chi connectivity index (χ0n) is 12.3. The number of hydrogen-bond donors (Lipinski definition) is 1. The zero-order chi connectivity index (χ0) is 14.8. The first kappa shape index (κ1) is 14.4. The lowest BCUT2D eigenvalue weighted by Gasteiger charge is -2.29. The van der Waals surface area contributed by atoms with Crippen LogP contribution in [0.1, 0.15) is 17.5 Å². The van der Waals surface area contributed by atoms with Gasteiger partial charge in [-0.1, -0.05) is 42.5 Å². The SMILES string of the molecule is Cc1c(-c2ccccc2)[nH]c(C2CN(C)CCO2)nc1=S. The van der Waals surface area contributed by atoms with Crippen LogP contribution < -0.4 is 0 Å². The molecule has 1 unspecified atom stereocenters. The van der Waals surface area contributed by atoms with Crippen molar-refractivity contribution in [1.82, 2.24) is 14.9 Å². The van der Waals surface area contributed by atoms with Gasteiger partial charge in [-0.25, -0.2) is 4.98 Å². The number of hydrogen-bond acceptors (Lipinski definition) is 4. The van der Waals surface area contributed by atoms with Gasteiger partial charge in [0.05, 0.1) is 12.3 Å². The van der Waals surface area contributed by atoms with Gasteiger partial charge in [0.2, 0.25) is 0 Å². The Labute approximate surface area is 129 Å². The minimum absolute atomic E-state index is 0.0477. The molecule has 1 atom stereocenters. The Morgan fingerprint density at radius 2 is 2.10 bits per heavy atom. The summed E-state index contributed by atoms with van der Waals surface area (Å²) in [6, 6.07) is 10.2. The summed E-state index contributed by atoms with van der Waals surface area (Å²) < 4.78 is 6.48. The number of aromatic amines is 1. The quantitative estimate of drug-likeness (QED) is 0.865. The van der Waals surface area contributed by atoms with Crippen LogP contribution in [0.5, 0.6) is 0 Å². The second-order valence-electron chi connectivity index (χ2n) is 5.41. The highest BCUT2D eigenvalue weighted by atomic mass is 32.1. The fourth-order valence-corrected chi connectivity index (χ4v) is 2.74. The highest BCUT2D eigenvalue weighted by Gasteiger charge is 2.22. The minimum Gasteiger partial charge on any atom is -0.368 e. The Bertz CT molecular complexity index is 684. The van der Waals surface area contributed by atoms with Crippen LogP contribution in [-0.2, 0) is 4.74 Å². The van der Waals surface area contributed by atoms with Gasteiger partial charge in [-0.15, -0.1) is 0 Å². The summed E-state index contributed by atoms with van der Waals surface area (Å²) in [5.41, 5.74) is 3.15. The average molecular weight is 301 g/mol. The molecule has 2 aromatic rings. The molecule has 0 aliphatic carbocycles. The Kier molecular flexibility index (Phi) is 4.14. The largest absolute Gasteiger partial charge is 0.368 e. The van der Waals surface area contributed by atoms with Crippen molar-refractivity contribution in [3.8, 4) is 11.3 Å². The van der Waals surface area contributed by atoms with E-state index in [1.807, 2.05) is 25.1 Å². The third-order valence-electron chi connectivity index (χ3n) is 3.81. The molecule has 1 aliphatic rings. The van der Waals surface area contributed by atoms with Crippen molar-refractivity contribution in [2.45, 2.75) is 13.0 Å². The van der Waals surface area contributed by atoms with E-state index in [0.29, 0.717) is 4.64 Å². The summed E-state index contributed by atoms with van der Waals surface area (Å²) in [5, 5.41) is 0. The number of rotatable bonds is 2. The molecular weight excluding hydrogens is 282 g/mol. The minimum atomic E-state index is -0.0477. The van der Waals surface area contributed by atoms with Gasteiger partial charge < -0.3 is 14.6 Å². The molecule has 0 radical (unpaired) electrons. The van der Waals surface area contributed by atoms with Crippen LogP contribution in [0.3, 0.4) is 0 Å². The number of aromatic nitrogens is 2. The lowest BCUT2D eigenvalue weighted by atomic mass is 10.1. The molecule has 1 aromatic carbocycles. The number of benzene rings is 1. The van der Waals surface area contributed by atoms with Crippen LogP contribution in [0.25, 0.3) is 11.3 Å². The number of likely N-dealkylation sites (N-methyl/N-ethyl adjacent to an activating group) is 1. The van der Waals surface area contributed by atoms with Gasteiger partial charge in [0.25, 0.3) is 0 Å². The summed E-state index contributed by atoms with van der Waals surface area (Å²) >= 11 is 5.43. The smallest absolute Gasteiger partial charge is 0.138 e. The molecule has 1 fully saturated rings. The number of morpholine rings is 1. The van der Waals surface area contributed by atoms with E-state index in [-0.39, 0.29) is 6.10 Å². The fourth-order valence-electron chi connectivity index (χ4n) is 2.54. The number of nitrogens with one attached hydrogen (secondary N) is 1. The molecule has 0 bridgehead atoms. The molecule has 0 spiro atoms. The molecule has 1 aromatic heterocycles. The van der Waals surface area contributed by atoms with E-state index in [4.69, 9.17) is 17.0 Å². The van der Waals surface area contributed by atoms with E-state index < -0.39 is 0 Å². The summed E-state index contributed by atoms with van der Waals surface area (Å²) in [4.78, 5) is 10.2. The first-order valence-electron chi connectivity index (χ1n) is 7.11. The molecule has 1 saturated heterocycles. The van der Waals surface area contributed by atoms with Crippen LogP contribution in [-0.4, -0.2) is 41.6 Å². The van der Waals surface area contributed by atoms with E-state index in [2.05, 4.69) is 34.0 Å². The predicted octanol–water partition coefficient (Wildman–Crippen LogP) is 3.12. The van der Waals surface area contributed by atoms with Crippen LogP contribution in [0.2, 0.25) is 0 Å². The highest BCUT2D eigenvalue weighted by Crippen LogP contribution is 2.25. The van der Waals surface area contributed by atoms with Crippen molar-refractivity contribution in [1.29, 1.82) is 0 Å². The third kappa shape index (κ3) is 3.05. The lowest BCUT2D eigenvalue weighted by molar-refractivity contribution is -0.0255. The Morgan fingerprint density at radius 3 is 2.81 bits per heavy atom. The normalized spacial score (nSPS) is 19.6. The fraction of sp³-hybridized carbons (Fsp3) is 0.375. The number of H-pyrrole nitrogens is 1. The van der Waals surface area contributed by atoms with Crippen molar-refractivity contribution >= 4 is 12.2 Å². The maximum atomic E-state index is 5.84. The molecule has 21 heavy (non-hydrogen) atoms. The molecular formula is C16H19N3OS. The highest BCUT2D eigenvalue weighted by molar-refractivity contribution is 7.71. The van der Waals surface area contributed by atoms with Crippen molar-refractivity contribution in [3.63, 3.8) is 0 Å². The van der Waals surface area contributed by atoms with Crippen LogP contribution >= 0.6 is 12.2 Å². The average Bonchev–Trinajstić information content (AvgIpc) is 2.51. The van der Waals surface area contributed by atoms with Crippen molar-refractivity contribution in [3.05, 3.63) is 46.4 Å². The van der Waals surface area contributed by atoms with Gasteiger partial charge in [-0.3, -0.25) is 0 Å². The maximum Gasteiger partial charge on any atom is 0.138 e. The zero-order valence-corrected chi connectivity index (χ0v) is 13.1. The Balaban J connectivity index is 2.04. The van der Waals surface area contributed by atoms with E-state index >= 15 is 0 Å². The first-order valence-corrected chi connectivity index (χ1v) is 7.52. The summed E-state index contributed by atoms with van der Waals surface area (Å²) in [6.07, 6.45) is -0.0477. The van der Waals surface area contributed by atoms with Crippen molar-refractivity contribution in [2.75, 3.05) is 26.7 Å². The van der Waals surface area contributed by atoms with Gasteiger partial charge in [0.1, 0.15) is 16.6 Å². The second kappa shape index (κ2) is 6.05. The molecule has 0 amide bonds.